The minimum absolute atomic E-state index is 0.0429. The molecular weight excluding hydrogens is 360 g/mol. The second-order valence-corrected chi connectivity index (χ2v) is 6.89. The van der Waals surface area contributed by atoms with Crippen molar-refractivity contribution in [1.82, 2.24) is 10.2 Å². The van der Waals surface area contributed by atoms with E-state index < -0.39 is 0 Å². The number of hydrogen-bond acceptors (Lipinski definition) is 3. The predicted octanol–water partition coefficient (Wildman–Crippen LogP) is 3.72. The average Bonchev–Trinajstić information content (AvgIpc) is 2.68. The zero-order valence-corrected chi connectivity index (χ0v) is 16.3. The highest BCUT2D eigenvalue weighted by molar-refractivity contribution is 6.30. The first-order chi connectivity index (χ1) is 13.0. The second kappa shape index (κ2) is 8.27. The summed E-state index contributed by atoms with van der Waals surface area (Å²) in [6.45, 7) is 2.74. The first-order valence-electron chi connectivity index (χ1n) is 8.83. The number of nitrogens with one attached hydrogen (secondary N) is 1. The second-order valence-electron chi connectivity index (χ2n) is 6.45. The first-order valence-corrected chi connectivity index (χ1v) is 9.21. The molecule has 0 radical (unpaired) electrons. The van der Waals surface area contributed by atoms with Crippen molar-refractivity contribution in [2.45, 2.75) is 13.3 Å². The highest BCUT2D eigenvalue weighted by Crippen LogP contribution is 2.25. The number of hydrogen-bond donors (Lipinski definition) is 2. The largest absolute Gasteiger partial charge is 0.391 e. The number of benzene rings is 2. The van der Waals surface area contributed by atoms with Crippen LogP contribution >= 0.6 is 11.6 Å². The Balaban J connectivity index is 1.84. The maximum atomic E-state index is 11.7. The SMILES string of the molecule is CNC1=C(C(N)=Nc2ccc(-c3cccc(Cl)c3)cc2)CN(C(C)=O)CC1. The van der Waals surface area contributed by atoms with Crippen LogP contribution in [0.2, 0.25) is 5.02 Å². The van der Waals surface area contributed by atoms with Gasteiger partial charge in [0.05, 0.1) is 12.2 Å². The Bertz CT molecular complexity index is 903. The molecular formula is C21H23ClN4O. The van der Waals surface area contributed by atoms with Gasteiger partial charge < -0.3 is 16.0 Å². The van der Waals surface area contributed by atoms with Crippen LogP contribution in [0.4, 0.5) is 5.69 Å². The van der Waals surface area contributed by atoms with Gasteiger partial charge in [0.2, 0.25) is 5.91 Å². The van der Waals surface area contributed by atoms with E-state index >= 15 is 0 Å². The quantitative estimate of drug-likeness (QED) is 0.625. The minimum atomic E-state index is 0.0429. The number of halogens is 1. The van der Waals surface area contributed by atoms with Crippen molar-refractivity contribution < 1.29 is 4.79 Å². The molecule has 0 bridgehead atoms. The number of carbonyl (C=O) groups is 1. The lowest BCUT2D eigenvalue weighted by atomic mass is 10.0. The van der Waals surface area contributed by atoms with Crippen LogP contribution in [0.25, 0.3) is 11.1 Å². The van der Waals surface area contributed by atoms with Crippen LogP contribution < -0.4 is 11.1 Å². The molecule has 27 heavy (non-hydrogen) atoms. The molecule has 0 aliphatic carbocycles. The fourth-order valence-electron chi connectivity index (χ4n) is 3.15. The Labute approximate surface area is 164 Å². The highest BCUT2D eigenvalue weighted by Gasteiger charge is 2.22. The molecule has 1 aliphatic heterocycles. The number of nitrogens with zero attached hydrogens (tertiary/aromatic N) is 2. The van der Waals surface area contributed by atoms with E-state index in [4.69, 9.17) is 17.3 Å². The van der Waals surface area contributed by atoms with Crippen LogP contribution in [-0.4, -0.2) is 36.8 Å². The van der Waals surface area contributed by atoms with E-state index in [1.807, 2.05) is 55.6 Å². The Morgan fingerprint density at radius 1 is 1.19 bits per heavy atom. The Morgan fingerprint density at radius 2 is 1.93 bits per heavy atom. The van der Waals surface area contributed by atoms with E-state index in [-0.39, 0.29) is 5.91 Å². The molecule has 3 rings (SSSR count). The van der Waals surface area contributed by atoms with Crippen LogP contribution in [0.15, 0.2) is 64.8 Å². The van der Waals surface area contributed by atoms with Crippen molar-refractivity contribution in [2.75, 3.05) is 20.1 Å². The van der Waals surface area contributed by atoms with Crippen LogP contribution in [0.5, 0.6) is 0 Å². The topological polar surface area (TPSA) is 70.7 Å². The monoisotopic (exact) mass is 382 g/mol. The third-order valence-electron chi connectivity index (χ3n) is 4.68. The Hall–Kier alpha value is -2.79. The van der Waals surface area contributed by atoms with Crippen molar-refractivity contribution in [3.8, 4) is 11.1 Å². The van der Waals surface area contributed by atoms with E-state index in [9.17, 15) is 4.79 Å². The normalized spacial score (nSPS) is 15.1. The summed E-state index contributed by atoms with van der Waals surface area (Å²) in [4.78, 5) is 18.0. The molecule has 6 heteroatoms. The van der Waals surface area contributed by atoms with Crippen LogP contribution in [-0.2, 0) is 4.79 Å². The van der Waals surface area contributed by atoms with E-state index in [0.29, 0.717) is 23.9 Å². The van der Waals surface area contributed by atoms with Gasteiger partial charge in [0, 0.05) is 43.2 Å². The van der Waals surface area contributed by atoms with Gasteiger partial charge in [-0.05, 0) is 35.4 Å². The molecule has 0 saturated carbocycles. The Morgan fingerprint density at radius 3 is 2.56 bits per heavy atom. The van der Waals surface area contributed by atoms with E-state index in [0.717, 1.165) is 34.5 Å². The van der Waals surface area contributed by atoms with Gasteiger partial charge in [-0.2, -0.15) is 0 Å². The van der Waals surface area contributed by atoms with Crippen LogP contribution in [0.3, 0.4) is 0 Å². The van der Waals surface area contributed by atoms with Gasteiger partial charge >= 0.3 is 0 Å². The summed E-state index contributed by atoms with van der Waals surface area (Å²) < 4.78 is 0. The number of carbonyl (C=O) groups excluding carboxylic acids is 1. The molecule has 0 aromatic heterocycles. The smallest absolute Gasteiger partial charge is 0.219 e. The summed E-state index contributed by atoms with van der Waals surface area (Å²) in [5, 5.41) is 3.89. The van der Waals surface area contributed by atoms with Crippen LogP contribution in [0, 0.1) is 0 Å². The molecule has 1 amide bonds. The summed E-state index contributed by atoms with van der Waals surface area (Å²) in [5.41, 5.74) is 11.1. The summed E-state index contributed by atoms with van der Waals surface area (Å²) >= 11 is 6.06. The van der Waals surface area contributed by atoms with Crippen molar-refractivity contribution in [3.63, 3.8) is 0 Å². The van der Waals surface area contributed by atoms with E-state index in [1.54, 1.807) is 11.8 Å². The number of rotatable bonds is 4. The van der Waals surface area contributed by atoms with Gasteiger partial charge in [0.25, 0.3) is 0 Å². The van der Waals surface area contributed by atoms with Gasteiger partial charge in [0.15, 0.2) is 0 Å². The molecule has 2 aromatic rings. The van der Waals surface area contributed by atoms with Crippen molar-refractivity contribution in [1.29, 1.82) is 0 Å². The minimum Gasteiger partial charge on any atom is -0.391 e. The first kappa shape index (κ1) is 19.0. The molecule has 5 nitrogen and oxygen atoms in total. The maximum Gasteiger partial charge on any atom is 0.219 e. The van der Waals surface area contributed by atoms with E-state index in [1.165, 1.54) is 0 Å². The third kappa shape index (κ3) is 4.49. The van der Waals surface area contributed by atoms with Crippen molar-refractivity contribution in [2.24, 2.45) is 10.7 Å². The zero-order chi connectivity index (χ0) is 19.4. The van der Waals surface area contributed by atoms with Crippen molar-refractivity contribution in [3.05, 3.63) is 64.8 Å². The van der Waals surface area contributed by atoms with Gasteiger partial charge in [-0.25, -0.2) is 4.99 Å². The van der Waals surface area contributed by atoms with Gasteiger partial charge in [0.1, 0.15) is 5.84 Å². The van der Waals surface area contributed by atoms with Gasteiger partial charge in [-0.3, -0.25) is 4.79 Å². The van der Waals surface area contributed by atoms with Crippen molar-refractivity contribution >= 4 is 29.0 Å². The molecule has 0 fully saturated rings. The maximum absolute atomic E-state index is 11.7. The molecule has 1 heterocycles. The lowest BCUT2D eigenvalue weighted by Gasteiger charge is -2.29. The van der Waals surface area contributed by atoms with Gasteiger partial charge in [-0.1, -0.05) is 35.9 Å². The highest BCUT2D eigenvalue weighted by atomic mass is 35.5. The third-order valence-corrected chi connectivity index (χ3v) is 4.91. The number of aliphatic imine (C=N–C) groups is 1. The molecule has 0 spiro atoms. The standard InChI is InChI=1S/C21H23ClN4O/c1-14(27)26-11-10-20(24-2)19(13-26)21(23)25-18-8-6-15(7-9-18)16-4-3-5-17(22)12-16/h3-9,12,24H,10-11,13H2,1-2H3,(H2,23,25). The molecule has 3 N–H and O–H groups in total. The molecule has 140 valence electrons. The van der Waals surface area contributed by atoms with Crippen LogP contribution in [0.1, 0.15) is 13.3 Å². The Kier molecular flexibility index (Phi) is 5.81. The van der Waals surface area contributed by atoms with Gasteiger partial charge in [-0.15, -0.1) is 0 Å². The number of nitrogens with two attached hydrogens (primary N) is 1. The lowest BCUT2D eigenvalue weighted by Crippen LogP contribution is -2.40. The number of amidine groups is 1. The zero-order valence-electron chi connectivity index (χ0n) is 15.5. The average molecular weight is 383 g/mol. The molecule has 2 aromatic carbocycles. The van der Waals surface area contributed by atoms with E-state index in [2.05, 4.69) is 10.3 Å². The lowest BCUT2D eigenvalue weighted by molar-refractivity contribution is -0.128. The fraction of sp³-hybridized carbons (Fsp3) is 0.238. The molecule has 0 unspecified atom stereocenters. The summed E-state index contributed by atoms with van der Waals surface area (Å²) in [6.07, 6.45) is 0.745. The summed E-state index contributed by atoms with van der Waals surface area (Å²) in [6, 6.07) is 15.6. The predicted molar refractivity (Wildman–Crippen MR) is 111 cm³/mol. The molecule has 1 aliphatic rings. The number of amides is 1. The summed E-state index contributed by atoms with van der Waals surface area (Å²) in [7, 11) is 1.87. The summed E-state index contributed by atoms with van der Waals surface area (Å²) in [5.74, 6) is 0.474. The fourth-order valence-corrected chi connectivity index (χ4v) is 3.34. The molecule has 0 atom stereocenters. The molecule has 0 saturated heterocycles.